The second-order valence-electron chi connectivity index (χ2n) is 7.01. The normalized spacial score (nSPS) is 15.5. The third-order valence-electron chi connectivity index (χ3n) is 4.81. The Kier molecular flexibility index (Phi) is 5.61. The van der Waals surface area contributed by atoms with Crippen molar-refractivity contribution in [2.45, 2.75) is 45.4 Å². The molecule has 1 aromatic carbocycles. The molecule has 0 fully saturated rings. The molecule has 1 heterocycles. The molecule has 0 N–H and O–H groups in total. The van der Waals surface area contributed by atoms with Crippen LogP contribution in [0.5, 0.6) is 0 Å². The topological polar surface area (TPSA) is 3.24 Å². The molecule has 1 heteroatoms. The van der Waals surface area contributed by atoms with Crippen molar-refractivity contribution < 1.29 is 0 Å². The Balaban J connectivity index is 1.84. The van der Waals surface area contributed by atoms with Crippen LogP contribution in [0.15, 0.2) is 72.0 Å². The number of nitrogens with zero attached hydrogens (tertiary/aromatic N) is 1. The first-order valence-corrected chi connectivity index (χ1v) is 9.25. The van der Waals surface area contributed by atoms with E-state index in [1.807, 2.05) is 0 Å². The van der Waals surface area contributed by atoms with Crippen LogP contribution in [0.2, 0.25) is 0 Å². The minimum Gasteiger partial charge on any atom is -0.340 e. The number of allylic oxidation sites excluding steroid dienone is 4. The molecule has 0 bridgehead atoms. The third kappa shape index (κ3) is 4.34. The smallest absolute Gasteiger partial charge is 0.0570 e. The summed E-state index contributed by atoms with van der Waals surface area (Å²) in [5, 5.41) is 0. The van der Waals surface area contributed by atoms with Crippen LogP contribution in [0.4, 0.5) is 5.69 Å². The van der Waals surface area contributed by atoms with E-state index in [-0.39, 0.29) is 0 Å². The van der Waals surface area contributed by atoms with Crippen molar-refractivity contribution in [3.05, 3.63) is 77.6 Å². The minimum absolute atomic E-state index is 0.872. The van der Waals surface area contributed by atoms with Crippen LogP contribution in [0.3, 0.4) is 0 Å². The summed E-state index contributed by atoms with van der Waals surface area (Å²) in [6.07, 6.45) is 11.3. The van der Waals surface area contributed by atoms with Gasteiger partial charge in [-0.25, -0.2) is 0 Å². The zero-order valence-electron chi connectivity index (χ0n) is 15.3. The number of unbranched alkanes of at least 4 members (excludes halogenated alkanes) is 1. The highest BCUT2D eigenvalue weighted by Gasteiger charge is 2.19. The summed E-state index contributed by atoms with van der Waals surface area (Å²) in [6, 6.07) is 8.44. The molecule has 25 heavy (non-hydrogen) atoms. The molecule has 2 aliphatic rings. The molecular formula is C24H27N. The largest absolute Gasteiger partial charge is 0.340 e. The van der Waals surface area contributed by atoms with E-state index < -0.39 is 0 Å². The summed E-state index contributed by atoms with van der Waals surface area (Å²) in [6.45, 7) is 11.4. The first kappa shape index (κ1) is 17.4. The van der Waals surface area contributed by atoms with E-state index in [9.17, 15) is 0 Å². The van der Waals surface area contributed by atoms with Gasteiger partial charge >= 0.3 is 0 Å². The van der Waals surface area contributed by atoms with Crippen molar-refractivity contribution in [1.82, 2.24) is 0 Å². The van der Waals surface area contributed by atoms with Gasteiger partial charge in [0.25, 0.3) is 0 Å². The SMILES string of the molecule is C=C(C)CCCCC(=C)N1CC2=CCCC=C2C#Cc2ccccc21. The number of para-hydroxylation sites is 1. The Morgan fingerprint density at radius 3 is 2.64 bits per heavy atom. The first-order chi connectivity index (χ1) is 12.1. The summed E-state index contributed by atoms with van der Waals surface area (Å²) in [7, 11) is 0. The Morgan fingerprint density at radius 2 is 1.80 bits per heavy atom. The molecule has 1 aliphatic heterocycles. The van der Waals surface area contributed by atoms with Crippen LogP contribution in [0.25, 0.3) is 0 Å². The zero-order chi connectivity index (χ0) is 17.6. The maximum absolute atomic E-state index is 4.41. The van der Waals surface area contributed by atoms with Gasteiger partial charge in [0.15, 0.2) is 0 Å². The summed E-state index contributed by atoms with van der Waals surface area (Å²) in [5.41, 5.74) is 7.27. The second kappa shape index (κ2) is 8.08. The highest BCUT2D eigenvalue weighted by atomic mass is 15.1. The van der Waals surface area contributed by atoms with Crippen molar-refractivity contribution in [1.29, 1.82) is 0 Å². The summed E-state index contributed by atoms with van der Waals surface area (Å²) in [5.74, 6) is 6.76. The molecule has 1 nitrogen and oxygen atoms in total. The lowest BCUT2D eigenvalue weighted by molar-refractivity contribution is 0.710. The maximum atomic E-state index is 4.41. The quantitative estimate of drug-likeness (QED) is 0.343. The van der Waals surface area contributed by atoms with Crippen LogP contribution in [0.1, 0.15) is 51.0 Å². The summed E-state index contributed by atoms with van der Waals surface area (Å²) < 4.78 is 0. The molecule has 3 rings (SSSR count). The second-order valence-corrected chi connectivity index (χ2v) is 7.01. The molecule has 128 valence electrons. The van der Waals surface area contributed by atoms with E-state index in [0.29, 0.717) is 0 Å². The summed E-state index contributed by atoms with van der Waals surface area (Å²) >= 11 is 0. The van der Waals surface area contributed by atoms with Gasteiger partial charge in [-0.3, -0.25) is 0 Å². The average Bonchev–Trinajstić information content (AvgIpc) is 2.60. The van der Waals surface area contributed by atoms with E-state index in [2.05, 4.69) is 73.2 Å². The molecule has 0 amide bonds. The van der Waals surface area contributed by atoms with Gasteiger partial charge in [0, 0.05) is 23.4 Å². The minimum atomic E-state index is 0.872. The molecule has 0 saturated heterocycles. The Bertz CT molecular complexity index is 795. The van der Waals surface area contributed by atoms with Crippen LogP contribution in [0, 0.1) is 11.8 Å². The molecule has 0 spiro atoms. The fourth-order valence-corrected chi connectivity index (χ4v) is 3.39. The fraction of sp³-hybridized carbons (Fsp3) is 0.333. The van der Waals surface area contributed by atoms with Crippen LogP contribution in [-0.2, 0) is 0 Å². The molecule has 0 atom stereocenters. The van der Waals surface area contributed by atoms with E-state index >= 15 is 0 Å². The van der Waals surface area contributed by atoms with E-state index in [4.69, 9.17) is 0 Å². The van der Waals surface area contributed by atoms with Gasteiger partial charge in [0.05, 0.1) is 5.69 Å². The van der Waals surface area contributed by atoms with Gasteiger partial charge < -0.3 is 4.90 Å². The Hall–Kier alpha value is -2.46. The standard InChI is InChI=1S/C24H27N/c1-19(2)10-4-5-11-20(3)25-18-23-14-7-6-12-21(23)16-17-22-13-8-9-15-24(22)25/h8-9,12-15H,1,3-7,10-11,18H2,2H3. The monoisotopic (exact) mass is 329 g/mol. The lowest BCUT2D eigenvalue weighted by Crippen LogP contribution is -2.27. The lowest BCUT2D eigenvalue weighted by Gasteiger charge is -2.31. The predicted octanol–water partition coefficient (Wildman–Crippen LogP) is 6.15. The summed E-state index contributed by atoms with van der Waals surface area (Å²) in [4.78, 5) is 2.37. The zero-order valence-corrected chi connectivity index (χ0v) is 15.3. The highest BCUT2D eigenvalue weighted by molar-refractivity contribution is 5.68. The fourth-order valence-electron chi connectivity index (χ4n) is 3.39. The molecule has 1 aromatic rings. The molecule has 0 radical (unpaired) electrons. The van der Waals surface area contributed by atoms with Crippen molar-refractivity contribution in [2.24, 2.45) is 0 Å². The lowest BCUT2D eigenvalue weighted by atomic mass is 9.95. The van der Waals surface area contributed by atoms with E-state index in [1.165, 1.54) is 34.5 Å². The molecule has 0 aromatic heterocycles. The average molecular weight is 329 g/mol. The number of anilines is 1. The van der Waals surface area contributed by atoms with Crippen molar-refractivity contribution >= 4 is 5.69 Å². The molecule has 0 unspecified atom stereocenters. The first-order valence-electron chi connectivity index (χ1n) is 9.25. The third-order valence-corrected chi connectivity index (χ3v) is 4.81. The van der Waals surface area contributed by atoms with Crippen molar-refractivity contribution in [2.75, 3.05) is 11.4 Å². The van der Waals surface area contributed by atoms with Gasteiger partial charge in [-0.05, 0) is 63.2 Å². The molecule has 1 aliphatic carbocycles. The van der Waals surface area contributed by atoms with Gasteiger partial charge in [-0.1, -0.05) is 48.3 Å². The van der Waals surface area contributed by atoms with E-state index in [1.54, 1.807) is 0 Å². The van der Waals surface area contributed by atoms with Crippen LogP contribution >= 0.6 is 0 Å². The molecular weight excluding hydrogens is 302 g/mol. The number of hydrogen-bond donors (Lipinski definition) is 0. The number of benzene rings is 1. The number of rotatable bonds is 6. The Labute approximate surface area is 152 Å². The Morgan fingerprint density at radius 1 is 1.04 bits per heavy atom. The van der Waals surface area contributed by atoms with Gasteiger partial charge in [-0.2, -0.15) is 0 Å². The molecule has 0 saturated carbocycles. The highest BCUT2D eigenvalue weighted by Crippen LogP contribution is 2.31. The van der Waals surface area contributed by atoms with Gasteiger partial charge in [-0.15, -0.1) is 6.58 Å². The van der Waals surface area contributed by atoms with Crippen molar-refractivity contribution in [3.63, 3.8) is 0 Å². The van der Waals surface area contributed by atoms with Crippen molar-refractivity contribution in [3.8, 4) is 11.8 Å². The van der Waals surface area contributed by atoms with Gasteiger partial charge in [0.2, 0.25) is 0 Å². The van der Waals surface area contributed by atoms with Crippen LogP contribution < -0.4 is 4.90 Å². The maximum Gasteiger partial charge on any atom is 0.0570 e. The number of fused-ring (bicyclic) bond motifs is 2. The van der Waals surface area contributed by atoms with Gasteiger partial charge in [0.1, 0.15) is 0 Å². The van der Waals surface area contributed by atoms with E-state index in [0.717, 1.165) is 44.2 Å². The number of hydrogen-bond acceptors (Lipinski definition) is 1. The van der Waals surface area contributed by atoms with Crippen LogP contribution in [-0.4, -0.2) is 6.54 Å². The predicted molar refractivity (Wildman–Crippen MR) is 108 cm³/mol.